The van der Waals surface area contributed by atoms with Crippen LogP contribution in [0.25, 0.3) is 11.1 Å². The zero-order valence-electron chi connectivity index (χ0n) is 19.9. The maximum Gasteiger partial charge on any atom is 0.251 e. The minimum absolute atomic E-state index is 0.238. The number of guanidine groups is 1. The first kappa shape index (κ1) is 24.0. The van der Waals surface area contributed by atoms with E-state index in [1.165, 1.54) is 6.20 Å². The Bertz CT molecular complexity index is 1240. The molecule has 3 N–H and O–H groups in total. The fraction of sp³-hybridized carbons (Fsp3) is 0.269. The molecule has 2 aromatic carbocycles. The minimum atomic E-state index is -0.511. The topological polar surface area (TPSA) is 96.9 Å². The van der Waals surface area contributed by atoms with Gasteiger partial charge in [-0.2, -0.15) is 4.39 Å². The Morgan fingerprint density at radius 3 is 2.40 bits per heavy atom. The summed E-state index contributed by atoms with van der Waals surface area (Å²) < 4.78 is 24.4. The Labute approximate surface area is 203 Å². The van der Waals surface area contributed by atoms with Gasteiger partial charge in [-0.3, -0.25) is 9.79 Å². The van der Waals surface area contributed by atoms with Crippen LogP contribution < -0.4 is 25.4 Å². The molecule has 35 heavy (non-hydrogen) atoms. The first-order valence-electron chi connectivity index (χ1n) is 11.2. The van der Waals surface area contributed by atoms with Crippen LogP contribution in [0.15, 0.2) is 53.7 Å². The lowest BCUT2D eigenvalue weighted by atomic mass is 9.99. The largest absolute Gasteiger partial charge is 0.497 e. The molecule has 2 heterocycles. The maximum absolute atomic E-state index is 13.7. The molecule has 0 atom stereocenters. The van der Waals surface area contributed by atoms with Gasteiger partial charge >= 0.3 is 0 Å². The molecular weight excluding hydrogens is 449 g/mol. The van der Waals surface area contributed by atoms with Gasteiger partial charge in [0, 0.05) is 48.6 Å². The first-order valence-corrected chi connectivity index (χ1v) is 11.2. The number of halogens is 1. The molecule has 1 amide bonds. The number of nitrogens with one attached hydrogen (secondary N) is 3. The second kappa shape index (κ2) is 10.9. The second-order valence-corrected chi connectivity index (χ2v) is 8.16. The number of nitrogens with zero attached hydrogens (tertiary/aromatic N) is 2. The van der Waals surface area contributed by atoms with E-state index in [4.69, 9.17) is 9.47 Å². The lowest BCUT2D eigenvalue weighted by Gasteiger charge is -2.13. The van der Waals surface area contributed by atoms with E-state index >= 15 is 0 Å². The van der Waals surface area contributed by atoms with Gasteiger partial charge in [0.25, 0.3) is 5.91 Å². The molecule has 0 fully saturated rings. The van der Waals surface area contributed by atoms with Crippen molar-refractivity contribution in [2.45, 2.75) is 20.0 Å². The SMILES string of the molecule is COc1cc(CNC(=O)c2cc(CNC3=NCCN3)cc(-c3cnc(F)c(C)c3)c2)cc(OC)c1. The van der Waals surface area contributed by atoms with Crippen molar-refractivity contribution in [3.63, 3.8) is 0 Å². The molecule has 0 saturated carbocycles. The number of aryl methyl sites for hydroxylation is 1. The third kappa shape index (κ3) is 6.06. The summed E-state index contributed by atoms with van der Waals surface area (Å²) in [6.07, 6.45) is 1.47. The van der Waals surface area contributed by atoms with Gasteiger partial charge in [0.1, 0.15) is 11.5 Å². The van der Waals surface area contributed by atoms with Crippen molar-refractivity contribution in [2.75, 3.05) is 27.3 Å². The van der Waals surface area contributed by atoms with Gasteiger partial charge in [0.15, 0.2) is 5.96 Å². The van der Waals surface area contributed by atoms with E-state index in [-0.39, 0.29) is 5.91 Å². The van der Waals surface area contributed by atoms with Gasteiger partial charge in [-0.1, -0.05) is 0 Å². The summed E-state index contributed by atoms with van der Waals surface area (Å²) >= 11 is 0. The van der Waals surface area contributed by atoms with Crippen LogP contribution in [0.5, 0.6) is 11.5 Å². The Morgan fingerprint density at radius 2 is 1.74 bits per heavy atom. The molecule has 0 aliphatic carbocycles. The average molecular weight is 478 g/mol. The van der Waals surface area contributed by atoms with E-state index in [0.29, 0.717) is 35.7 Å². The number of hydrogen-bond acceptors (Lipinski definition) is 7. The summed E-state index contributed by atoms with van der Waals surface area (Å²) in [5, 5.41) is 9.38. The molecule has 9 heteroatoms. The molecule has 0 radical (unpaired) electrons. The van der Waals surface area contributed by atoms with Crippen LogP contribution in [-0.4, -0.2) is 44.2 Å². The molecule has 0 saturated heterocycles. The molecule has 1 aliphatic heterocycles. The second-order valence-electron chi connectivity index (χ2n) is 8.16. The fourth-order valence-electron chi connectivity index (χ4n) is 3.76. The van der Waals surface area contributed by atoms with Crippen LogP contribution in [0.3, 0.4) is 0 Å². The van der Waals surface area contributed by atoms with E-state index in [1.807, 2.05) is 24.3 Å². The van der Waals surface area contributed by atoms with Crippen molar-refractivity contribution in [3.05, 3.63) is 76.9 Å². The van der Waals surface area contributed by atoms with Gasteiger partial charge in [0.2, 0.25) is 5.95 Å². The summed E-state index contributed by atoms with van der Waals surface area (Å²) in [4.78, 5) is 21.3. The third-order valence-corrected chi connectivity index (χ3v) is 5.60. The van der Waals surface area contributed by atoms with Crippen molar-refractivity contribution < 1.29 is 18.7 Å². The van der Waals surface area contributed by atoms with Gasteiger partial charge in [-0.15, -0.1) is 0 Å². The van der Waals surface area contributed by atoms with Crippen LogP contribution in [0.1, 0.15) is 27.0 Å². The highest BCUT2D eigenvalue weighted by Crippen LogP contribution is 2.25. The van der Waals surface area contributed by atoms with Crippen molar-refractivity contribution in [2.24, 2.45) is 4.99 Å². The highest BCUT2D eigenvalue weighted by Gasteiger charge is 2.13. The van der Waals surface area contributed by atoms with Gasteiger partial charge < -0.3 is 25.4 Å². The zero-order chi connectivity index (χ0) is 24.8. The van der Waals surface area contributed by atoms with Crippen molar-refractivity contribution in [3.8, 4) is 22.6 Å². The standard InChI is InChI=1S/C26H28FN5O3/c1-16-6-21(15-30-24(16)27)19-7-17(14-32-26-28-4-5-29-26)8-20(11-19)25(33)31-13-18-9-22(34-2)12-23(10-18)35-3/h6-12,15H,4-5,13-14H2,1-3H3,(H,31,33)(H2,28,29,32). The molecule has 0 spiro atoms. The highest BCUT2D eigenvalue weighted by atomic mass is 19.1. The molecule has 4 rings (SSSR count). The number of methoxy groups -OCH3 is 2. The summed E-state index contributed by atoms with van der Waals surface area (Å²) in [6.45, 7) is 3.96. The van der Waals surface area contributed by atoms with Gasteiger partial charge in [-0.05, 0) is 60.0 Å². The number of aliphatic imine (C=N–C) groups is 1. The maximum atomic E-state index is 13.7. The van der Waals surface area contributed by atoms with Gasteiger partial charge in [-0.25, -0.2) is 4.98 Å². The van der Waals surface area contributed by atoms with Gasteiger partial charge in [0.05, 0.1) is 20.8 Å². The number of carbonyl (C=O) groups excluding carboxylic acids is 1. The van der Waals surface area contributed by atoms with E-state index in [2.05, 4.69) is 25.9 Å². The van der Waals surface area contributed by atoms with Crippen molar-refractivity contribution in [1.82, 2.24) is 20.9 Å². The number of carbonyl (C=O) groups is 1. The average Bonchev–Trinajstić information content (AvgIpc) is 3.41. The normalized spacial score (nSPS) is 12.5. The smallest absolute Gasteiger partial charge is 0.251 e. The highest BCUT2D eigenvalue weighted by molar-refractivity contribution is 5.95. The lowest BCUT2D eigenvalue weighted by Crippen LogP contribution is -2.33. The minimum Gasteiger partial charge on any atom is -0.497 e. The first-order chi connectivity index (χ1) is 16.9. The monoisotopic (exact) mass is 477 g/mol. The van der Waals surface area contributed by atoms with E-state index in [9.17, 15) is 9.18 Å². The molecular formula is C26H28FN5O3. The molecule has 1 aliphatic rings. The molecule has 0 bridgehead atoms. The summed E-state index contributed by atoms with van der Waals surface area (Å²) in [6, 6.07) is 12.8. The van der Waals surface area contributed by atoms with Crippen LogP contribution in [-0.2, 0) is 13.1 Å². The number of amides is 1. The molecule has 3 aromatic rings. The van der Waals surface area contributed by atoms with Crippen LogP contribution in [0, 0.1) is 12.9 Å². The fourth-order valence-corrected chi connectivity index (χ4v) is 3.76. The number of aromatic nitrogens is 1. The van der Waals surface area contributed by atoms with Crippen LogP contribution in [0.4, 0.5) is 4.39 Å². The molecule has 8 nitrogen and oxygen atoms in total. The number of ether oxygens (including phenoxy) is 2. The number of pyridine rings is 1. The lowest BCUT2D eigenvalue weighted by molar-refractivity contribution is 0.0950. The molecule has 0 unspecified atom stereocenters. The zero-order valence-corrected chi connectivity index (χ0v) is 19.9. The Hall–Kier alpha value is -4.14. The van der Waals surface area contributed by atoms with Crippen molar-refractivity contribution >= 4 is 11.9 Å². The number of hydrogen-bond donors (Lipinski definition) is 3. The van der Waals surface area contributed by atoms with E-state index in [0.717, 1.165) is 41.3 Å². The predicted octanol–water partition coefficient (Wildman–Crippen LogP) is 3.19. The molecule has 1 aromatic heterocycles. The predicted molar refractivity (Wildman–Crippen MR) is 132 cm³/mol. The van der Waals surface area contributed by atoms with E-state index < -0.39 is 5.95 Å². The Kier molecular flexibility index (Phi) is 7.45. The number of benzene rings is 2. The Morgan fingerprint density at radius 1 is 1.00 bits per heavy atom. The summed E-state index contributed by atoms with van der Waals surface area (Å²) in [5.41, 5.74) is 4.15. The van der Waals surface area contributed by atoms with Crippen LogP contribution in [0.2, 0.25) is 0 Å². The van der Waals surface area contributed by atoms with E-state index in [1.54, 1.807) is 39.3 Å². The quantitative estimate of drug-likeness (QED) is 0.431. The van der Waals surface area contributed by atoms with Crippen molar-refractivity contribution in [1.29, 1.82) is 0 Å². The Balaban J connectivity index is 1.58. The third-order valence-electron chi connectivity index (χ3n) is 5.60. The summed E-state index contributed by atoms with van der Waals surface area (Å²) in [7, 11) is 3.16. The number of rotatable bonds is 8. The van der Waals surface area contributed by atoms with Crippen LogP contribution >= 0.6 is 0 Å². The summed E-state index contributed by atoms with van der Waals surface area (Å²) in [5.74, 6) is 1.27. The molecule has 182 valence electrons.